The van der Waals surface area contributed by atoms with Crippen LogP contribution in [0.4, 0.5) is 0 Å². The molecule has 2 heteroatoms. The second kappa shape index (κ2) is 5.42. The minimum absolute atomic E-state index is 0.300. The smallest absolute Gasteiger partial charge is 0.00985 e. The van der Waals surface area contributed by atoms with Gasteiger partial charge in [-0.05, 0) is 43.2 Å². The summed E-state index contributed by atoms with van der Waals surface area (Å²) in [5.74, 6) is 0. The van der Waals surface area contributed by atoms with Gasteiger partial charge in [-0.25, -0.2) is 0 Å². The van der Waals surface area contributed by atoms with E-state index in [0.29, 0.717) is 6.04 Å². The molecular weight excluding hydrogens is 190 g/mol. The van der Waals surface area contributed by atoms with Crippen LogP contribution in [0.1, 0.15) is 24.5 Å². The molecule has 0 amide bonds. The molecule has 0 aliphatic carbocycles. The molecule has 0 radical (unpaired) electrons. The zero-order valence-corrected chi connectivity index (χ0v) is 10.0. The molecule has 14 heavy (non-hydrogen) atoms. The first-order valence-corrected chi connectivity index (χ1v) is 6.29. The number of benzene rings is 1. The van der Waals surface area contributed by atoms with Crippen LogP contribution in [0.5, 0.6) is 0 Å². The SMILES string of the molecule is CCC(N)Cc1ccc(SC)c(C)c1. The van der Waals surface area contributed by atoms with Crippen LogP contribution in [0.3, 0.4) is 0 Å². The average Bonchev–Trinajstić information content (AvgIpc) is 2.18. The molecule has 0 aliphatic heterocycles. The molecule has 0 spiro atoms. The van der Waals surface area contributed by atoms with Crippen molar-refractivity contribution < 1.29 is 0 Å². The quantitative estimate of drug-likeness (QED) is 0.771. The third kappa shape index (κ3) is 3.03. The highest BCUT2D eigenvalue weighted by Crippen LogP contribution is 2.21. The summed E-state index contributed by atoms with van der Waals surface area (Å²) in [5.41, 5.74) is 8.64. The Bertz CT molecular complexity index is 296. The Morgan fingerprint density at radius 2 is 2.14 bits per heavy atom. The van der Waals surface area contributed by atoms with Crippen molar-refractivity contribution in [2.45, 2.75) is 37.6 Å². The second-order valence-electron chi connectivity index (χ2n) is 3.68. The molecule has 78 valence electrons. The summed E-state index contributed by atoms with van der Waals surface area (Å²) in [5, 5.41) is 0. The highest BCUT2D eigenvalue weighted by Gasteiger charge is 2.03. The fourth-order valence-electron chi connectivity index (χ4n) is 1.51. The van der Waals surface area contributed by atoms with Crippen LogP contribution in [-0.2, 0) is 6.42 Å². The molecule has 2 N–H and O–H groups in total. The van der Waals surface area contributed by atoms with Gasteiger partial charge in [-0.2, -0.15) is 0 Å². The molecular formula is C12H19NS. The van der Waals surface area contributed by atoms with Crippen molar-refractivity contribution in [2.24, 2.45) is 5.73 Å². The standard InChI is InChI=1S/C12H19NS/c1-4-11(13)8-10-5-6-12(14-3)9(2)7-10/h5-7,11H,4,8,13H2,1-3H3. The van der Waals surface area contributed by atoms with E-state index >= 15 is 0 Å². The van der Waals surface area contributed by atoms with Crippen molar-refractivity contribution in [3.8, 4) is 0 Å². The van der Waals surface area contributed by atoms with Gasteiger partial charge in [0.05, 0.1) is 0 Å². The van der Waals surface area contributed by atoms with E-state index in [2.05, 4.69) is 38.3 Å². The highest BCUT2D eigenvalue weighted by atomic mass is 32.2. The Hall–Kier alpha value is -0.470. The van der Waals surface area contributed by atoms with E-state index in [1.807, 2.05) is 0 Å². The summed E-state index contributed by atoms with van der Waals surface area (Å²) in [4.78, 5) is 1.36. The molecule has 0 aliphatic rings. The van der Waals surface area contributed by atoms with E-state index < -0.39 is 0 Å². The van der Waals surface area contributed by atoms with Crippen molar-refractivity contribution >= 4 is 11.8 Å². The van der Waals surface area contributed by atoms with Crippen LogP contribution in [0.25, 0.3) is 0 Å². The van der Waals surface area contributed by atoms with Crippen LogP contribution in [0.2, 0.25) is 0 Å². The molecule has 1 aromatic rings. The maximum absolute atomic E-state index is 5.92. The van der Waals surface area contributed by atoms with Gasteiger partial charge in [0, 0.05) is 10.9 Å². The summed E-state index contributed by atoms with van der Waals surface area (Å²) in [6.07, 6.45) is 4.15. The van der Waals surface area contributed by atoms with Crippen LogP contribution in [0, 0.1) is 6.92 Å². The number of aryl methyl sites for hydroxylation is 1. The molecule has 0 saturated carbocycles. The van der Waals surface area contributed by atoms with Gasteiger partial charge in [0.1, 0.15) is 0 Å². The van der Waals surface area contributed by atoms with Crippen molar-refractivity contribution in [2.75, 3.05) is 6.26 Å². The number of nitrogens with two attached hydrogens (primary N) is 1. The zero-order valence-electron chi connectivity index (χ0n) is 9.21. The van der Waals surface area contributed by atoms with Gasteiger partial charge >= 0.3 is 0 Å². The van der Waals surface area contributed by atoms with E-state index in [0.717, 1.165) is 12.8 Å². The van der Waals surface area contributed by atoms with Gasteiger partial charge in [0.15, 0.2) is 0 Å². The molecule has 0 aromatic heterocycles. The summed E-state index contributed by atoms with van der Waals surface area (Å²) in [7, 11) is 0. The van der Waals surface area contributed by atoms with E-state index in [1.165, 1.54) is 16.0 Å². The van der Waals surface area contributed by atoms with Crippen LogP contribution < -0.4 is 5.73 Å². The van der Waals surface area contributed by atoms with Gasteiger partial charge in [0.25, 0.3) is 0 Å². The Morgan fingerprint density at radius 3 is 2.64 bits per heavy atom. The molecule has 1 aromatic carbocycles. The van der Waals surface area contributed by atoms with Crippen molar-refractivity contribution in [3.05, 3.63) is 29.3 Å². The Kier molecular flexibility index (Phi) is 4.49. The van der Waals surface area contributed by atoms with Crippen molar-refractivity contribution in [1.29, 1.82) is 0 Å². The number of thioether (sulfide) groups is 1. The van der Waals surface area contributed by atoms with Gasteiger partial charge in [-0.3, -0.25) is 0 Å². The number of rotatable bonds is 4. The Morgan fingerprint density at radius 1 is 1.43 bits per heavy atom. The summed E-state index contributed by atoms with van der Waals surface area (Å²) in [6, 6.07) is 6.93. The molecule has 1 rings (SSSR count). The summed E-state index contributed by atoms with van der Waals surface area (Å²) < 4.78 is 0. The highest BCUT2D eigenvalue weighted by molar-refractivity contribution is 7.98. The van der Waals surface area contributed by atoms with Gasteiger partial charge in [0.2, 0.25) is 0 Å². The number of hydrogen-bond donors (Lipinski definition) is 1. The van der Waals surface area contributed by atoms with E-state index in [9.17, 15) is 0 Å². The first kappa shape index (κ1) is 11.6. The average molecular weight is 209 g/mol. The molecule has 1 unspecified atom stereocenters. The number of hydrogen-bond acceptors (Lipinski definition) is 2. The minimum atomic E-state index is 0.300. The molecule has 0 saturated heterocycles. The van der Waals surface area contributed by atoms with Crippen LogP contribution >= 0.6 is 11.8 Å². The molecule has 0 heterocycles. The summed E-state index contributed by atoms with van der Waals surface area (Å²) >= 11 is 1.80. The first-order valence-electron chi connectivity index (χ1n) is 5.06. The van der Waals surface area contributed by atoms with Crippen LogP contribution in [-0.4, -0.2) is 12.3 Å². The Balaban J connectivity index is 2.76. The molecule has 0 bridgehead atoms. The predicted molar refractivity (Wildman–Crippen MR) is 64.9 cm³/mol. The van der Waals surface area contributed by atoms with Gasteiger partial charge < -0.3 is 5.73 Å². The molecule has 1 atom stereocenters. The summed E-state index contributed by atoms with van der Waals surface area (Å²) in [6.45, 7) is 4.29. The van der Waals surface area contributed by atoms with Crippen molar-refractivity contribution in [1.82, 2.24) is 0 Å². The Labute approximate surface area is 91.1 Å². The molecule has 0 fully saturated rings. The first-order chi connectivity index (χ1) is 6.67. The normalized spacial score (nSPS) is 12.9. The van der Waals surface area contributed by atoms with E-state index in [-0.39, 0.29) is 0 Å². The fourth-order valence-corrected chi connectivity index (χ4v) is 2.10. The zero-order chi connectivity index (χ0) is 10.6. The second-order valence-corrected chi connectivity index (χ2v) is 4.52. The fraction of sp³-hybridized carbons (Fsp3) is 0.500. The van der Waals surface area contributed by atoms with Crippen molar-refractivity contribution in [3.63, 3.8) is 0 Å². The van der Waals surface area contributed by atoms with Gasteiger partial charge in [-0.15, -0.1) is 11.8 Å². The third-order valence-corrected chi connectivity index (χ3v) is 3.38. The van der Waals surface area contributed by atoms with E-state index in [4.69, 9.17) is 5.73 Å². The predicted octanol–water partition coefficient (Wildman–Crippen LogP) is 3.00. The lowest BCUT2D eigenvalue weighted by Gasteiger charge is -2.10. The topological polar surface area (TPSA) is 26.0 Å². The van der Waals surface area contributed by atoms with Crippen LogP contribution in [0.15, 0.2) is 23.1 Å². The maximum Gasteiger partial charge on any atom is 0.00985 e. The third-order valence-electron chi connectivity index (χ3n) is 2.48. The lowest BCUT2D eigenvalue weighted by atomic mass is 10.0. The maximum atomic E-state index is 5.92. The van der Waals surface area contributed by atoms with E-state index in [1.54, 1.807) is 11.8 Å². The minimum Gasteiger partial charge on any atom is -0.327 e. The lowest BCUT2D eigenvalue weighted by Crippen LogP contribution is -2.21. The molecule has 1 nitrogen and oxygen atoms in total. The largest absolute Gasteiger partial charge is 0.327 e. The van der Waals surface area contributed by atoms with Gasteiger partial charge in [-0.1, -0.05) is 19.1 Å². The monoisotopic (exact) mass is 209 g/mol. The lowest BCUT2D eigenvalue weighted by molar-refractivity contribution is 0.646.